The van der Waals surface area contributed by atoms with Crippen molar-refractivity contribution in [3.8, 4) is 0 Å². The third-order valence-electron chi connectivity index (χ3n) is 3.30. The van der Waals surface area contributed by atoms with E-state index in [1.807, 2.05) is 30.3 Å². The molecule has 0 unspecified atom stereocenters. The van der Waals surface area contributed by atoms with E-state index in [9.17, 15) is 14.7 Å². The van der Waals surface area contributed by atoms with Gasteiger partial charge in [-0.25, -0.2) is 9.59 Å². The molecule has 0 fully saturated rings. The van der Waals surface area contributed by atoms with Crippen molar-refractivity contribution >= 4 is 12.0 Å². The van der Waals surface area contributed by atoms with E-state index in [1.54, 1.807) is 14.2 Å². The number of nitrogens with zero attached hydrogens (tertiary/aromatic N) is 1. The van der Waals surface area contributed by atoms with Gasteiger partial charge in [-0.2, -0.15) is 0 Å². The van der Waals surface area contributed by atoms with Gasteiger partial charge < -0.3 is 24.8 Å². The molecule has 1 aromatic rings. The summed E-state index contributed by atoms with van der Waals surface area (Å²) in [6, 6.07) is 7.75. The first-order chi connectivity index (χ1) is 11.1. The van der Waals surface area contributed by atoms with Crippen LogP contribution in [0.1, 0.15) is 5.56 Å². The minimum atomic E-state index is -1.07. The summed E-state index contributed by atoms with van der Waals surface area (Å²) >= 11 is 0. The van der Waals surface area contributed by atoms with Crippen LogP contribution in [0.2, 0.25) is 0 Å². The van der Waals surface area contributed by atoms with Gasteiger partial charge in [0, 0.05) is 33.7 Å². The fraction of sp³-hybridized carbons (Fsp3) is 0.500. The molecule has 7 nitrogen and oxygen atoms in total. The number of hydrogen-bond donors (Lipinski definition) is 2. The molecule has 1 atom stereocenters. The van der Waals surface area contributed by atoms with Crippen LogP contribution in [0.5, 0.6) is 0 Å². The summed E-state index contributed by atoms with van der Waals surface area (Å²) in [7, 11) is 3.09. The van der Waals surface area contributed by atoms with Gasteiger partial charge >= 0.3 is 12.0 Å². The molecule has 1 aromatic carbocycles. The van der Waals surface area contributed by atoms with Gasteiger partial charge in [0.2, 0.25) is 0 Å². The molecule has 0 aromatic heterocycles. The lowest BCUT2D eigenvalue weighted by Gasteiger charge is -2.24. The molecule has 2 amide bonds. The zero-order valence-electron chi connectivity index (χ0n) is 13.5. The topological polar surface area (TPSA) is 88.1 Å². The molecule has 23 heavy (non-hydrogen) atoms. The highest BCUT2D eigenvalue weighted by Crippen LogP contribution is 2.04. The van der Waals surface area contributed by atoms with E-state index < -0.39 is 18.0 Å². The van der Waals surface area contributed by atoms with Crippen LogP contribution in [0.15, 0.2) is 30.3 Å². The van der Waals surface area contributed by atoms with Gasteiger partial charge in [0.05, 0.1) is 13.2 Å². The highest BCUT2D eigenvalue weighted by molar-refractivity contribution is 5.82. The molecule has 0 aliphatic heterocycles. The Morgan fingerprint density at radius 2 is 1.70 bits per heavy atom. The SMILES string of the molecule is COCCN(CCOC)C(=O)N[C@H](Cc1ccccc1)C(=O)O. The number of nitrogens with one attached hydrogen (secondary N) is 1. The number of urea groups is 1. The standard InChI is InChI=1S/C16H24N2O5/c1-22-10-8-18(9-11-23-2)16(21)17-14(15(19)20)12-13-6-4-3-5-7-13/h3-7,14H,8-12H2,1-2H3,(H,17,21)(H,19,20)/t14-/m1/s1. The Morgan fingerprint density at radius 3 is 2.17 bits per heavy atom. The summed E-state index contributed by atoms with van der Waals surface area (Å²) in [6.45, 7) is 1.47. The maximum Gasteiger partial charge on any atom is 0.326 e. The zero-order valence-corrected chi connectivity index (χ0v) is 13.5. The molecule has 2 N–H and O–H groups in total. The molecule has 0 radical (unpaired) electrons. The second-order valence-corrected chi connectivity index (χ2v) is 5.00. The molecule has 0 saturated heterocycles. The first-order valence-corrected chi connectivity index (χ1v) is 7.38. The van der Waals surface area contributed by atoms with Crippen LogP contribution < -0.4 is 5.32 Å². The average molecular weight is 324 g/mol. The van der Waals surface area contributed by atoms with Crippen molar-refractivity contribution in [3.05, 3.63) is 35.9 Å². The normalized spacial score (nSPS) is 11.7. The van der Waals surface area contributed by atoms with Crippen molar-refractivity contribution in [2.45, 2.75) is 12.5 Å². The summed E-state index contributed by atoms with van der Waals surface area (Å²) in [4.78, 5) is 25.2. The van der Waals surface area contributed by atoms with Gasteiger partial charge in [0.15, 0.2) is 0 Å². The van der Waals surface area contributed by atoms with E-state index in [4.69, 9.17) is 9.47 Å². The van der Waals surface area contributed by atoms with E-state index in [0.29, 0.717) is 26.3 Å². The van der Waals surface area contributed by atoms with Crippen LogP contribution in [0.25, 0.3) is 0 Å². The molecule has 0 aliphatic carbocycles. The van der Waals surface area contributed by atoms with Gasteiger partial charge in [-0.05, 0) is 5.56 Å². The van der Waals surface area contributed by atoms with Gasteiger partial charge in [0.25, 0.3) is 0 Å². The van der Waals surface area contributed by atoms with Crippen molar-refractivity contribution in [2.75, 3.05) is 40.5 Å². The van der Waals surface area contributed by atoms with Gasteiger partial charge in [-0.3, -0.25) is 0 Å². The van der Waals surface area contributed by atoms with E-state index in [0.717, 1.165) is 5.56 Å². The Kier molecular flexibility index (Phi) is 8.71. The summed E-state index contributed by atoms with van der Waals surface area (Å²) < 4.78 is 9.94. The molecule has 128 valence electrons. The van der Waals surface area contributed by atoms with E-state index in [-0.39, 0.29) is 6.42 Å². The number of methoxy groups -OCH3 is 2. The summed E-state index contributed by atoms with van der Waals surface area (Å²) in [5, 5.41) is 11.9. The van der Waals surface area contributed by atoms with Gasteiger partial charge in [-0.15, -0.1) is 0 Å². The molecule has 7 heteroatoms. The fourth-order valence-corrected chi connectivity index (χ4v) is 2.01. The Bertz CT molecular complexity index is 473. The monoisotopic (exact) mass is 324 g/mol. The number of hydrogen-bond acceptors (Lipinski definition) is 4. The molecule has 0 bridgehead atoms. The van der Waals surface area contributed by atoms with Crippen LogP contribution in [-0.2, 0) is 20.7 Å². The number of carboxylic acids is 1. The Balaban J connectivity index is 2.68. The molecular weight excluding hydrogens is 300 g/mol. The van der Waals surface area contributed by atoms with Crippen LogP contribution in [0, 0.1) is 0 Å². The van der Waals surface area contributed by atoms with Crippen LogP contribution >= 0.6 is 0 Å². The Morgan fingerprint density at radius 1 is 1.13 bits per heavy atom. The number of benzene rings is 1. The van der Waals surface area contributed by atoms with Gasteiger partial charge in [-0.1, -0.05) is 30.3 Å². The van der Waals surface area contributed by atoms with E-state index >= 15 is 0 Å². The first-order valence-electron chi connectivity index (χ1n) is 7.38. The average Bonchev–Trinajstić information content (AvgIpc) is 2.55. The number of rotatable bonds is 10. The minimum absolute atomic E-state index is 0.226. The van der Waals surface area contributed by atoms with Crippen molar-refractivity contribution in [3.63, 3.8) is 0 Å². The van der Waals surface area contributed by atoms with Crippen molar-refractivity contribution in [1.29, 1.82) is 0 Å². The Hall–Kier alpha value is -2.12. The molecule has 0 spiro atoms. The predicted molar refractivity (Wildman–Crippen MR) is 85.4 cm³/mol. The maximum atomic E-state index is 12.3. The number of carboxylic acid groups (broad SMARTS) is 1. The second kappa shape index (κ2) is 10.6. The van der Waals surface area contributed by atoms with Crippen LogP contribution in [-0.4, -0.2) is 68.6 Å². The predicted octanol–water partition coefficient (Wildman–Crippen LogP) is 0.987. The number of ether oxygens (including phenoxy) is 2. The van der Waals surface area contributed by atoms with Crippen molar-refractivity contribution in [2.24, 2.45) is 0 Å². The smallest absolute Gasteiger partial charge is 0.326 e. The van der Waals surface area contributed by atoms with Crippen molar-refractivity contribution in [1.82, 2.24) is 10.2 Å². The van der Waals surface area contributed by atoms with Crippen LogP contribution in [0.3, 0.4) is 0 Å². The third kappa shape index (κ3) is 7.12. The molecule has 0 saturated carbocycles. The summed E-state index contributed by atoms with van der Waals surface area (Å²) in [5.41, 5.74) is 0.848. The van der Waals surface area contributed by atoms with Gasteiger partial charge in [0.1, 0.15) is 6.04 Å². The summed E-state index contributed by atoms with van der Waals surface area (Å²) in [6.07, 6.45) is 0.226. The zero-order chi connectivity index (χ0) is 17.1. The highest BCUT2D eigenvalue weighted by Gasteiger charge is 2.23. The first kappa shape index (κ1) is 18.9. The lowest BCUT2D eigenvalue weighted by molar-refractivity contribution is -0.139. The quantitative estimate of drug-likeness (QED) is 0.670. The van der Waals surface area contributed by atoms with Crippen LogP contribution in [0.4, 0.5) is 4.79 Å². The molecule has 0 aliphatic rings. The lowest BCUT2D eigenvalue weighted by Crippen LogP contribution is -2.50. The van der Waals surface area contributed by atoms with E-state index in [1.165, 1.54) is 4.90 Å². The lowest BCUT2D eigenvalue weighted by atomic mass is 10.1. The summed E-state index contributed by atoms with van der Waals surface area (Å²) in [5.74, 6) is -1.07. The number of aliphatic carboxylic acids is 1. The second-order valence-electron chi connectivity index (χ2n) is 5.00. The third-order valence-corrected chi connectivity index (χ3v) is 3.30. The molecular formula is C16H24N2O5. The highest BCUT2D eigenvalue weighted by atomic mass is 16.5. The number of carbonyl (C=O) groups is 2. The fourth-order valence-electron chi connectivity index (χ4n) is 2.01. The van der Waals surface area contributed by atoms with Crippen molar-refractivity contribution < 1.29 is 24.2 Å². The molecule has 1 rings (SSSR count). The maximum absolute atomic E-state index is 12.3. The van der Waals surface area contributed by atoms with E-state index in [2.05, 4.69) is 5.32 Å². The Labute approximate surface area is 136 Å². The number of carbonyl (C=O) groups excluding carboxylic acids is 1. The molecule has 0 heterocycles. The minimum Gasteiger partial charge on any atom is -0.480 e. The number of amides is 2. The largest absolute Gasteiger partial charge is 0.480 e.